The third kappa shape index (κ3) is 4.12. The van der Waals surface area contributed by atoms with Crippen molar-refractivity contribution in [2.75, 3.05) is 5.32 Å². The van der Waals surface area contributed by atoms with Gasteiger partial charge in [-0.3, -0.25) is 4.79 Å². The maximum absolute atomic E-state index is 13.5. The van der Waals surface area contributed by atoms with Crippen molar-refractivity contribution in [2.24, 2.45) is 29.6 Å². The Morgan fingerprint density at radius 2 is 1.81 bits per heavy atom. The summed E-state index contributed by atoms with van der Waals surface area (Å²) < 4.78 is 6.73. The fourth-order valence-electron chi connectivity index (χ4n) is 8.55. The Bertz CT molecular complexity index is 1260. The van der Waals surface area contributed by atoms with Gasteiger partial charge in [-0.25, -0.2) is 9.78 Å². The van der Waals surface area contributed by atoms with Crippen LogP contribution in [-0.2, 0) is 11.3 Å². The number of allylic oxidation sites excluding steroid dienone is 2. The van der Waals surface area contributed by atoms with Gasteiger partial charge in [0, 0.05) is 11.6 Å². The summed E-state index contributed by atoms with van der Waals surface area (Å²) in [5.41, 5.74) is 2.33. The molecule has 3 atom stereocenters. The van der Waals surface area contributed by atoms with E-state index in [0.717, 1.165) is 61.4 Å². The van der Waals surface area contributed by atoms with E-state index in [9.17, 15) is 14.7 Å². The molecule has 7 heteroatoms. The predicted octanol–water partition coefficient (Wildman–Crippen LogP) is 5.83. The number of rotatable bonds is 7. The minimum Gasteiger partial charge on any atom is -0.478 e. The number of benzene rings is 1. The van der Waals surface area contributed by atoms with Crippen LogP contribution in [0.15, 0.2) is 30.4 Å². The van der Waals surface area contributed by atoms with Crippen molar-refractivity contribution in [1.82, 2.24) is 9.97 Å². The lowest BCUT2D eigenvalue weighted by atomic mass is 9.54. The normalized spacial score (nSPS) is 34.8. The van der Waals surface area contributed by atoms with Crippen LogP contribution in [0.2, 0.25) is 0 Å². The van der Waals surface area contributed by atoms with Crippen LogP contribution in [0.5, 0.6) is 0 Å². The number of aromatic nitrogens is 2. The molecule has 1 heterocycles. The van der Waals surface area contributed by atoms with Gasteiger partial charge < -0.3 is 20.1 Å². The van der Waals surface area contributed by atoms with Crippen LogP contribution < -0.4 is 5.32 Å². The maximum Gasteiger partial charge on any atom is 0.336 e. The Morgan fingerprint density at radius 3 is 2.43 bits per heavy atom. The van der Waals surface area contributed by atoms with Crippen molar-refractivity contribution < 1.29 is 19.4 Å². The quantitative estimate of drug-likeness (QED) is 0.414. The van der Waals surface area contributed by atoms with E-state index in [1.165, 1.54) is 25.3 Å². The van der Waals surface area contributed by atoms with E-state index in [0.29, 0.717) is 41.3 Å². The summed E-state index contributed by atoms with van der Waals surface area (Å²) >= 11 is 0. The highest BCUT2D eigenvalue weighted by Gasteiger charge is 2.52. The zero-order valence-corrected chi connectivity index (χ0v) is 21.3. The Labute approximate surface area is 217 Å². The number of fused-ring (bicyclic) bond motifs is 2. The maximum atomic E-state index is 13.5. The molecule has 5 fully saturated rings. The third-order valence-electron chi connectivity index (χ3n) is 9.87. The van der Waals surface area contributed by atoms with Gasteiger partial charge in [0.2, 0.25) is 0 Å². The van der Waals surface area contributed by atoms with Crippen molar-refractivity contribution in [1.29, 1.82) is 0 Å². The zero-order chi connectivity index (χ0) is 25.3. The van der Waals surface area contributed by atoms with E-state index < -0.39 is 5.97 Å². The van der Waals surface area contributed by atoms with Gasteiger partial charge >= 0.3 is 5.97 Å². The second-order valence-corrected chi connectivity index (χ2v) is 12.5. The number of carboxylic acid groups (broad SMARTS) is 1. The first-order chi connectivity index (χ1) is 17.8. The number of hydrogen-bond donors (Lipinski definition) is 3. The van der Waals surface area contributed by atoms with Crippen molar-refractivity contribution >= 4 is 17.6 Å². The van der Waals surface area contributed by atoms with E-state index in [-0.39, 0.29) is 17.1 Å². The number of nitrogens with one attached hydrogen (secondary N) is 2. The molecule has 5 saturated carbocycles. The van der Waals surface area contributed by atoms with Gasteiger partial charge in [-0.15, -0.1) is 0 Å². The first-order valence-corrected chi connectivity index (χ1v) is 13.9. The molecule has 0 spiro atoms. The first kappa shape index (κ1) is 23.2. The molecular formula is C30H35N3O4. The molecule has 1 aromatic heterocycles. The largest absolute Gasteiger partial charge is 0.478 e. The van der Waals surface area contributed by atoms with Crippen molar-refractivity contribution in [3.63, 3.8) is 0 Å². The first-order valence-electron chi connectivity index (χ1n) is 13.9. The number of aromatic carboxylic acids is 1. The van der Waals surface area contributed by atoms with E-state index in [4.69, 9.17) is 9.72 Å². The second kappa shape index (κ2) is 8.55. The second-order valence-electron chi connectivity index (χ2n) is 12.5. The van der Waals surface area contributed by atoms with E-state index in [1.54, 1.807) is 19.1 Å². The molecule has 1 amide bonds. The summed E-state index contributed by atoms with van der Waals surface area (Å²) in [5, 5.41) is 12.4. The number of ether oxygens (including phenoxy) is 1. The monoisotopic (exact) mass is 501 g/mol. The van der Waals surface area contributed by atoms with Gasteiger partial charge in [-0.05, 0) is 106 Å². The molecule has 37 heavy (non-hydrogen) atoms. The Morgan fingerprint density at radius 1 is 1.08 bits per heavy atom. The summed E-state index contributed by atoms with van der Waals surface area (Å²) in [7, 11) is 0. The highest BCUT2D eigenvalue weighted by molar-refractivity contribution is 6.04. The lowest BCUT2D eigenvalue weighted by Gasteiger charge is -2.56. The number of imidazole rings is 1. The van der Waals surface area contributed by atoms with Crippen LogP contribution in [-0.4, -0.2) is 32.6 Å². The molecule has 0 saturated heterocycles. The molecule has 8 rings (SSSR count). The highest BCUT2D eigenvalue weighted by atomic mass is 16.5. The molecule has 2 aromatic rings. The van der Waals surface area contributed by atoms with Gasteiger partial charge in [-0.2, -0.15) is 0 Å². The van der Waals surface area contributed by atoms with Crippen LogP contribution >= 0.6 is 0 Å². The average Bonchev–Trinajstić information content (AvgIpc) is 3.59. The van der Waals surface area contributed by atoms with Crippen LogP contribution in [0.4, 0.5) is 5.69 Å². The molecule has 6 bridgehead atoms. The van der Waals surface area contributed by atoms with Gasteiger partial charge in [0.25, 0.3) is 5.91 Å². The minimum atomic E-state index is -1.01. The molecule has 1 aromatic carbocycles. The Hall–Kier alpha value is -2.93. The Balaban J connectivity index is 1.15. The van der Waals surface area contributed by atoms with Crippen LogP contribution in [0, 0.1) is 36.5 Å². The Kier molecular flexibility index (Phi) is 5.36. The lowest BCUT2D eigenvalue weighted by Crippen LogP contribution is -2.51. The lowest BCUT2D eigenvalue weighted by molar-refractivity contribution is -0.169. The molecular weight excluding hydrogens is 466 g/mol. The number of H-pyrrole nitrogens is 1. The molecule has 6 aliphatic carbocycles. The molecule has 0 radical (unpaired) electrons. The van der Waals surface area contributed by atoms with E-state index >= 15 is 0 Å². The van der Waals surface area contributed by atoms with Crippen molar-refractivity contribution in [3.8, 4) is 0 Å². The molecule has 7 nitrogen and oxygen atoms in total. The van der Waals surface area contributed by atoms with Gasteiger partial charge in [-0.1, -0.05) is 18.2 Å². The van der Waals surface area contributed by atoms with Crippen molar-refractivity contribution in [3.05, 3.63) is 58.7 Å². The number of aromatic amines is 1. The summed E-state index contributed by atoms with van der Waals surface area (Å²) in [5.74, 6) is 3.28. The minimum absolute atomic E-state index is 0.0592. The van der Waals surface area contributed by atoms with Crippen LogP contribution in [0.25, 0.3) is 0 Å². The standard InChI is InChI=1S/C30H35N3O4/c1-16-2-5-22(11-23(16)29(35)36)31-28(34)26-25(32-27(33-26)24-10-17-3-4-21(24)9-17)15-37-30-12-18-6-19(13-30)8-20(7-18)14-30/h2-5,11,17-21,24H,6-10,12-15H2,1H3,(H,31,34)(H,32,33)(H,35,36)/t17?,18?,19?,20?,21-,24+,30?/m0/s1. The van der Waals surface area contributed by atoms with Crippen LogP contribution in [0.3, 0.4) is 0 Å². The fourth-order valence-corrected chi connectivity index (χ4v) is 8.55. The topological polar surface area (TPSA) is 104 Å². The third-order valence-corrected chi connectivity index (χ3v) is 9.87. The van der Waals surface area contributed by atoms with E-state index in [1.807, 2.05) is 0 Å². The molecule has 1 unspecified atom stereocenters. The predicted molar refractivity (Wildman–Crippen MR) is 138 cm³/mol. The zero-order valence-electron chi connectivity index (χ0n) is 21.3. The van der Waals surface area contributed by atoms with E-state index in [2.05, 4.69) is 22.5 Å². The highest BCUT2D eigenvalue weighted by Crippen LogP contribution is 2.57. The number of hydrogen-bond acceptors (Lipinski definition) is 4. The summed E-state index contributed by atoms with van der Waals surface area (Å²) in [6.07, 6.45) is 14.3. The molecule has 6 aliphatic rings. The number of aryl methyl sites for hydroxylation is 1. The number of amides is 1. The summed E-state index contributed by atoms with van der Waals surface area (Å²) in [4.78, 5) is 33.5. The molecule has 3 N–H and O–H groups in total. The molecule has 194 valence electrons. The van der Waals surface area contributed by atoms with Gasteiger partial charge in [0.1, 0.15) is 5.82 Å². The number of nitrogens with zero attached hydrogens (tertiary/aromatic N) is 1. The number of carbonyl (C=O) groups excluding carboxylic acids is 1. The average molecular weight is 502 g/mol. The fraction of sp³-hybridized carbons (Fsp3) is 0.567. The number of carbonyl (C=O) groups is 2. The van der Waals surface area contributed by atoms with Gasteiger partial charge in [0.05, 0.1) is 23.5 Å². The number of carboxylic acids is 1. The SMILES string of the molecule is Cc1ccc(NC(=O)c2nc([C@@H]3CC4C=C[C@H]3C4)[nH]c2COC23CC4CC(CC(C4)C2)C3)cc1C(=O)O. The van der Waals surface area contributed by atoms with Crippen molar-refractivity contribution in [2.45, 2.75) is 76.4 Å². The van der Waals surface area contributed by atoms with Crippen LogP contribution in [0.1, 0.15) is 95.2 Å². The smallest absolute Gasteiger partial charge is 0.336 e. The van der Waals surface area contributed by atoms with Gasteiger partial charge in [0.15, 0.2) is 5.69 Å². The summed E-state index contributed by atoms with van der Waals surface area (Å²) in [6.45, 7) is 2.10. The number of anilines is 1. The molecule has 0 aliphatic heterocycles. The summed E-state index contributed by atoms with van der Waals surface area (Å²) in [6, 6.07) is 4.96.